The quantitative estimate of drug-likeness (QED) is 0.499. The number of furan rings is 1. The Labute approximate surface area is 138 Å². The molecule has 23 heavy (non-hydrogen) atoms. The molecule has 0 atom stereocenters. The number of thiocarbonyl (C=S) groups is 1. The monoisotopic (exact) mass is 335 g/mol. The van der Waals surface area contributed by atoms with Crippen LogP contribution in [0.5, 0.6) is 0 Å². The van der Waals surface area contributed by atoms with Crippen LogP contribution in [0.4, 0.5) is 5.88 Å². The number of hydrogen-bond acceptors (Lipinski definition) is 6. The van der Waals surface area contributed by atoms with Gasteiger partial charge in [0.25, 0.3) is 11.8 Å². The van der Waals surface area contributed by atoms with Gasteiger partial charge in [-0.3, -0.25) is 19.8 Å². The molecule has 1 aromatic heterocycles. The van der Waals surface area contributed by atoms with Gasteiger partial charge < -0.3 is 14.1 Å². The number of ether oxygens (including phenoxy) is 1. The fourth-order valence-electron chi connectivity index (χ4n) is 2.50. The van der Waals surface area contributed by atoms with E-state index in [1.165, 1.54) is 11.0 Å². The van der Waals surface area contributed by atoms with Crippen molar-refractivity contribution in [3.63, 3.8) is 0 Å². The van der Waals surface area contributed by atoms with Gasteiger partial charge in [-0.2, -0.15) is 0 Å². The van der Waals surface area contributed by atoms with E-state index < -0.39 is 11.8 Å². The zero-order chi connectivity index (χ0) is 16.4. The van der Waals surface area contributed by atoms with Crippen LogP contribution in [-0.2, 0) is 14.3 Å². The summed E-state index contributed by atoms with van der Waals surface area (Å²) in [6, 6.07) is 3.56. The Balaban J connectivity index is 1.82. The molecule has 0 bridgehead atoms. The van der Waals surface area contributed by atoms with E-state index in [9.17, 15) is 9.59 Å². The van der Waals surface area contributed by atoms with Gasteiger partial charge >= 0.3 is 0 Å². The lowest BCUT2D eigenvalue weighted by atomic mass is 10.1. The van der Waals surface area contributed by atoms with Crippen molar-refractivity contribution in [3.8, 4) is 0 Å². The van der Waals surface area contributed by atoms with E-state index in [1.807, 2.05) is 6.07 Å². The summed E-state index contributed by atoms with van der Waals surface area (Å²) in [7, 11) is 0. The molecular weight excluding hydrogens is 318 g/mol. The molecule has 2 aliphatic heterocycles. The largest absolute Gasteiger partial charge is 0.441 e. The van der Waals surface area contributed by atoms with E-state index >= 15 is 0 Å². The number of nitrogens with one attached hydrogen (secondary N) is 1. The predicted octanol–water partition coefficient (Wildman–Crippen LogP) is 0.763. The maximum atomic E-state index is 12.3. The van der Waals surface area contributed by atoms with Crippen LogP contribution in [0.15, 0.2) is 22.1 Å². The van der Waals surface area contributed by atoms with Crippen LogP contribution in [0.25, 0.3) is 6.08 Å². The zero-order valence-electron chi connectivity index (χ0n) is 12.7. The van der Waals surface area contributed by atoms with Crippen molar-refractivity contribution in [1.29, 1.82) is 0 Å². The molecule has 0 radical (unpaired) electrons. The molecule has 1 aromatic rings. The Kier molecular flexibility index (Phi) is 4.44. The summed E-state index contributed by atoms with van der Waals surface area (Å²) in [6.07, 6.45) is 1.45. The average Bonchev–Trinajstić information content (AvgIpc) is 3.01. The Bertz CT molecular complexity index is 676. The van der Waals surface area contributed by atoms with Crippen molar-refractivity contribution in [2.75, 3.05) is 37.7 Å². The number of carbonyl (C=O) groups is 2. The second-order valence-electron chi connectivity index (χ2n) is 5.14. The van der Waals surface area contributed by atoms with Crippen LogP contribution in [0, 0.1) is 0 Å². The van der Waals surface area contributed by atoms with Gasteiger partial charge in [0, 0.05) is 25.7 Å². The molecule has 7 nitrogen and oxygen atoms in total. The first-order chi connectivity index (χ1) is 11.1. The molecule has 0 saturated carbocycles. The second kappa shape index (κ2) is 6.51. The number of anilines is 1. The van der Waals surface area contributed by atoms with Crippen molar-refractivity contribution in [1.82, 2.24) is 10.2 Å². The third kappa shape index (κ3) is 3.13. The fourth-order valence-corrected chi connectivity index (χ4v) is 2.80. The topological polar surface area (TPSA) is 75.0 Å². The SMILES string of the molecule is CCN1C(=O)/C(=C/c2ccc(N3CCOCC3)o2)C(=O)NC1=S. The van der Waals surface area contributed by atoms with Crippen molar-refractivity contribution in [3.05, 3.63) is 23.5 Å². The molecule has 2 amide bonds. The Morgan fingerprint density at radius 2 is 2.04 bits per heavy atom. The molecule has 1 N–H and O–H groups in total. The lowest BCUT2D eigenvalue weighted by molar-refractivity contribution is -0.128. The third-order valence-electron chi connectivity index (χ3n) is 3.72. The number of hydrogen-bond donors (Lipinski definition) is 1. The van der Waals surface area contributed by atoms with Crippen molar-refractivity contribution >= 4 is 41.1 Å². The summed E-state index contributed by atoms with van der Waals surface area (Å²) in [5.74, 6) is 0.236. The predicted molar refractivity (Wildman–Crippen MR) is 87.8 cm³/mol. The smallest absolute Gasteiger partial charge is 0.265 e. The lowest BCUT2D eigenvalue weighted by Crippen LogP contribution is -2.53. The molecule has 122 valence electrons. The summed E-state index contributed by atoms with van der Waals surface area (Å²) >= 11 is 4.99. The molecule has 8 heteroatoms. The van der Waals surface area contributed by atoms with Gasteiger partial charge in [0.2, 0.25) is 0 Å². The molecule has 3 rings (SSSR count). The normalized spacial score (nSPS) is 21.1. The number of amides is 2. The molecule has 3 heterocycles. The first-order valence-electron chi connectivity index (χ1n) is 7.41. The van der Waals surface area contributed by atoms with E-state index in [0.29, 0.717) is 31.4 Å². The van der Waals surface area contributed by atoms with E-state index in [4.69, 9.17) is 21.4 Å². The van der Waals surface area contributed by atoms with E-state index in [-0.39, 0.29) is 10.7 Å². The summed E-state index contributed by atoms with van der Waals surface area (Å²) in [5.41, 5.74) is 0.0170. The van der Waals surface area contributed by atoms with Gasteiger partial charge in [-0.15, -0.1) is 0 Å². The average molecular weight is 335 g/mol. The highest BCUT2D eigenvalue weighted by Crippen LogP contribution is 2.22. The number of likely N-dealkylation sites (N-methyl/N-ethyl adjacent to an activating group) is 1. The van der Waals surface area contributed by atoms with E-state index in [2.05, 4.69) is 10.2 Å². The van der Waals surface area contributed by atoms with Crippen LogP contribution in [-0.4, -0.2) is 54.7 Å². The first-order valence-corrected chi connectivity index (χ1v) is 7.82. The minimum Gasteiger partial charge on any atom is -0.441 e. The van der Waals surface area contributed by atoms with Gasteiger partial charge in [0.1, 0.15) is 11.3 Å². The van der Waals surface area contributed by atoms with Crippen molar-refractivity contribution in [2.24, 2.45) is 0 Å². The maximum Gasteiger partial charge on any atom is 0.265 e. The molecule has 0 aromatic carbocycles. The molecule has 0 spiro atoms. The molecule has 2 aliphatic rings. The highest BCUT2D eigenvalue weighted by Gasteiger charge is 2.32. The second-order valence-corrected chi connectivity index (χ2v) is 5.53. The Morgan fingerprint density at radius 1 is 1.30 bits per heavy atom. The van der Waals surface area contributed by atoms with Crippen LogP contribution >= 0.6 is 12.2 Å². The molecular formula is C15H17N3O4S. The Morgan fingerprint density at radius 3 is 2.74 bits per heavy atom. The molecule has 2 fully saturated rings. The van der Waals surface area contributed by atoms with Crippen molar-refractivity contribution in [2.45, 2.75) is 6.92 Å². The summed E-state index contributed by atoms with van der Waals surface area (Å²) in [5, 5.41) is 2.64. The van der Waals surface area contributed by atoms with Gasteiger partial charge in [-0.1, -0.05) is 0 Å². The maximum absolute atomic E-state index is 12.3. The van der Waals surface area contributed by atoms with Crippen LogP contribution in [0.1, 0.15) is 12.7 Å². The minimum atomic E-state index is -0.506. The van der Waals surface area contributed by atoms with Crippen LogP contribution in [0.3, 0.4) is 0 Å². The zero-order valence-corrected chi connectivity index (χ0v) is 13.5. The minimum absolute atomic E-state index is 0.0170. The number of rotatable bonds is 3. The van der Waals surface area contributed by atoms with Gasteiger partial charge in [0.05, 0.1) is 13.2 Å². The summed E-state index contributed by atoms with van der Waals surface area (Å²) in [6.45, 7) is 5.00. The van der Waals surface area contributed by atoms with E-state index in [0.717, 1.165) is 13.1 Å². The van der Waals surface area contributed by atoms with Gasteiger partial charge in [-0.25, -0.2) is 0 Å². The third-order valence-corrected chi connectivity index (χ3v) is 4.05. The first kappa shape index (κ1) is 15.7. The van der Waals surface area contributed by atoms with E-state index in [1.54, 1.807) is 13.0 Å². The van der Waals surface area contributed by atoms with Gasteiger partial charge in [0.15, 0.2) is 11.0 Å². The summed E-state index contributed by atoms with van der Waals surface area (Å²) in [4.78, 5) is 27.7. The lowest BCUT2D eigenvalue weighted by Gasteiger charge is -2.27. The van der Waals surface area contributed by atoms with Crippen molar-refractivity contribution < 1.29 is 18.7 Å². The fraction of sp³-hybridized carbons (Fsp3) is 0.400. The molecule has 0 aliphatic carbocycles. The number of carbonyl (C=O) groups excluding carboxylic acids is 2. The highest BCUT2D eigenvalue weighted by atomic mass is 32.1. The number of morpholine rings is 1. The van der Waals surface area contributed by atoms with Gasteiger partial charge in [-0.05, 0) is 31.3 Å². The number of nitrogens with zero attached hydrogens (tertiary/aromatic N) is 2. The molecule has 0 unspecified atom stereocenters. The summed E-state index contributed by atoms with van der Waals surface area (Å²) < 4.78 is 11.0. The standard InChI is InChI=1S/C15H17N3O4S/c1-2-18-14(20)11(13(19)16-15(18)23)9-10-3-4-12(22-10)17-5-7-21-8-6-17/h3-4,9H,2,5-8H2,1H3,(H,16,19,23)/b11-9+. The van der Waals surface area contributed by atoms with Crippen LogP contribution < -0.4 is 10.2 Å². The Hall–Kier alpha value is -2.19. The highest BCUT2D eigenvalue weighted by molar-refractivity contribution is 7.80. The van der Waals surface area contributed by atoms with Crippen LogP contribution in [0.2, 0.25) is 0 Å². The molecule has 2 saturated heterocycles.